The number of sulfonamides is 1. The highest BCUT2D eigenvalue weighted by molar-refractivity contribution is 7.92. The fraction of sp³-hybridized carbons (Fsp3) is 0.297. The standard InChI is InChI=1S/C37H41Cl2N3O5S/c1-6-27(4)40-37(44)34(22-28-11-8-7-9-12-28)41(23-30-31(38)13-10-14-32(30)39)36(43)24-42(33-21-26(3)17-20-35(33)47-5)48(45,46)29-18-15-25(2)16-19-29/h7-21,27,34H,6,22-24H2,1-5H3,(H,40,44)/t27-,34+/m1/s1. The van der Waals surface area contributed by atoms with Crippen molar-refractivity contribution in [2.45, 2.75) is 64.1 Å². The highest BCUT2D eigenvalue weighted by Crippen LogP contribution is 2.34. The molecular formula is C37H41Cl2N3O5S. The summed E-state index contributed by atoms with van der Waals surface area (Å²) in [4.78, 5) is 30.2. The lowest BCUT2D eigenvalue weighted by Crippen LogP contribution is -2.54. The van der Waals surface area contributed by atoms with Gasteiger partial charge in [-0.1, -0.05) is 90.3 Å². The van der Waals surface area contributed by atoms with E-state index in [9.17, 15) is 18.0 Å². The minimum atomic E-state index is -4.31. The van der Waals surface area contributed by atoms with Gasteiger partial charge < -0.3 is 15.0 Å². The number of methoxy groups -OCH3 is 1. The predicted molar refractivity (Wildman–Crippen MR) is 192 cm³/mol. The normalized spacial score (nSPS) is 12.6. The summed E-state index contributed by atoms with van der Waals surface area (Å²) in [5.74, 6) is -0.753. The summed E-state index contributed by atoms with van der Waals surface area (Å²) >= 11 is 13.2. The summed E-state index contributed by atoms with van der Waals surface area (Å²) in [6, 6.07) is 24.6. The maximum absolute atomic E-state index is 14.8. The Balaban J connectivity index is 1.89. The van der Waals surface area contributed by atoms with Crippen LogP contribution in [0.25, 0.3) is 0 Å². The average molecular weight is 711 g/mol. The van der Waals surface area contributed by atoms with E-state index in [0.717, 1.165) is 21.0 Å². The summed E-state index contributed by atoms with van der Waals surface area (Å²) in [5.41, 5.74) is 3.07. The minimum absolute atomic E-state index is 0.000469. The van der Waals surface area contributed by atoms with Crippen molar-refractivity contribution in [3.8, 4) is 5.75 Å². The molecule has 48 heavy (non-hydrogen) atoms. The van der Waals surface area contributed by atoms with E-state index in [1.807, 2.05) is 58.0 Å². The van der Waals surface area contributed by atoms with Crippen molar-refractivity contribution in [1.82, 2.24) is 10.2 Å². The predicted octanol–water partition coefficient (Wildman–Crippen LogP) is 7.37. The van der Waals surface area contributed by atoms with Crippen LogP contribution in [0.5, 0.6) is 5.75 Å². The van der Waals surface area contributed by atoms with Crippen LogP contribution in [0.4, 0.5) is 5.69 Å². The lowest BCUT2D eigenvalue weighted by molar-refractivity contribution is -0.140. The monoisotopic (exact) mass is 709 g/mol. The lowest BCUT2D eigenvalue weighted by Gasteiger charge is -2.35. The zero-order valence-corrected chi connectivity index (χ0v) is 30.1. The molecule has 0 fully saturated rings. The van der Waals surface area contributed by atoms with Gasteiger partial charge in [0.05, 0.1) is 17.7 Å². The molecule has 4 rings (SSSR count). The van der Waals surface area contributed by atoms with Gasteiger partial charge in [-0.25, -0.2) is 8.42 Å². The van der Waals surface area contributed by atoms with Crippen LogP contribution in [0.1, 0.15) is 42.5 Å². The molecule has 2 amide bonds. The number of hydrogen-bond donors (Lipinski definition) is 1. The number of rotatable bonds is 14. The average Bonchev–Trinajstić information content (AvgIpc) is 3.06. The summed E-state index contributed by atoms with van der Waals surface area (Å²) in [5, 5.41) is 3.64. The Kier molecular flexibility index (Phi) is 12.5. The van der Waals surface area contributed by atoms with Crippen LogP contribution in [-0.4, -0.2) is 50.9 Å². The molecule has 0 aliphatic carbocycles. The molecule has 0 aliphatic rings. The fourth-order valence-corrected chi connectivity index (χ4v) is 7.13. The van der Waals surface area contributed by atoms with Gasteiger partial charge in [-0.2, -0.15) is 0 Å². The van der Waals surface area contributed by atoms with Crippen LogP contribution in [0, 0.1) is 13.8 Å². The number of hydrogen-bond acceptors (Lipinski definition) is 5. The maximum atomic E-state index is 14.8. The molecule has 0 saturated heterocycles. The van der Waals surface area contributed by atoms with Crippen LogP contribution in [0.3, 0.4) is 0 Å². The van der Waals surface area contributed by atoms with Crippen molar-refractivity contribution in [2.24, 2.45) is 0 Å². The van der Waals surface area contributed by atoms with Gasteiger partial charge in [-0.15, -0.1) is 0 Å². The molecule has 0 spiro atoms. The molecule has 1 N–H and O–H groups in total. The Morgan fingerprint density at radius 2 is 1.50 bits per heavy atom. The molecule has 11 heteroatoms. The molecule has 2 atom stereocenters. The molecule has 0 heterocycles. The van der Waals surface area contributed by atoms with E-state index in [2.05, 4.69) is 5.32 Å². The van der Waals surface area contributed by atoms with Crippen molar-refractivity contribution < 1.29 is 22.7 Å². The first kappa shape index (κ1) is 36.8. The molecule has 0 aromatic heterocycles. The first-order valence-corrected chi connectivity index (χ1v) is 17.9. The van der Waals surface area contributed by atoms with Crippen LogP contribution >= 0.6 is 23.2 Å². The third kappa shape index (κ3) is 8.89. The van der Waals surface area contributed by atoms with Gasteiger partial charge in [0.15, 0.2) is 0 Å². The molecule has 0 saturated carbocycles. The molecule has 0 aliphatic heterocycles. The van der Waals surface area contributed by atoms with Crippen LogP contribution in [0.15, 0.2) is 95.9 Å². The van der Waals surface area contributed by atoms with Gasteiger partial charge in [0.2, 0.25) is 11.8 Å². The Morgan fingerprint density at radius 1 is 0.875 bits per heavy atom. The topological polar surface area (TPSA) is 96.0 Å². The second kappa shape index (κ2) is 16.4. The molecule has 0 unspecified atom stereocenters. The van der Waals surface area contributed by atoms with E-state index in [-0.39, 0.29) is 41.2 Å². The van der Waals surface area contributed by atoms with Gasteiger partial charge in [-0.3, -0.25) is 13.9 Å². The minimum Gasteiger partial charge on any atom is -0.495 e. The van der Waals surface area contributed by atoms with Crippen molar-refractivity contribution in [3.63, 3.8) is 0 Å². The van der Waals surface area contributed by atoms with E-state index >= 15 is 0 Å². The van der Waals surface area contributed by atoms with E-state index in [0.29, 0.717) is 22.0 Å². The maximum Gasteiger partial charge on any atom is 0.264 e. The number of carbonyl (C=O) groups excluding carboxylic acids is 2. The Hall–Kier alpha value is -4.05. The van der Waals surface area contributed by atoms with Gasteiger partial charge in [0.1, 0.15) is 18.3 Å². The third-order valence-electron chi connectivity index (χ3n) is 8.15. The van der Waals surface area contributed by atoms with Gasteiger partial charge in [0.25, 0.3) is 10.0 Å². The number of aryl methyl sites for hydroxylation is 2. The van der Waals surface area contributed by atoms with Crippen LogP contribution in [-0.2, 0) is 32.6 Å². The molecular weight excluding hydrogens is 669 g/mol. The smallest absolute Gasteiger partial charge is 0.264 e. The molecule has 0 bridgehead atoms. The number of halogens is 2. The van der Waals surface area contributed by atoms with Crippen molar-refractivity contribution >= 4 is 50.7 Å². The SMILES string of the molecule is CC[C@@H](C)NC(=O)[C@H](Cc1ccccc1)N(Cc1c(Cl)cccc1Cl)C(=O)CN(c1cc(C)ccc1OC)S(=O)(=O)c1ccc(C)cc1. The van der Waals surface area contributed by atoms with Crippen molar-refractivity contribution in [2.75, 3.05) is 18.0 Å². The second-order valence-corrected chi connectivity index (χ2v) is 14.4. The van der Waals surface area contributed by atoms with E-state index in [4.69, 9.17) is 27.9 Å². The number of benzene rings is 4. The van der Waals surface area contributed by atoms with E-state index < -0.39 is 28.5 Å². The van der Waals surface area contributed by atoms with Crippen LogP contribution in [0.2, 0.25) is 10.0 Å². The Labute approximate surface area is 293 Å². The third-order valence-corrected chi connectivity index (χ3v) is 10.6. The number of nitrogens with one attached hydrogen (secondary N) is 1. The Bertz CT molecular complexity index is 1820. The first-order valence-electron chi connectivity index (χ1n) is 15.7. The summed E-state index contributed by atoms with van der Waals surface area (Å²) in [6.45, 7) is 6.73. The van der Waals surface area contributed by atoms with Crippen molar-refractivity contribution in [1.29, 1.82) is 0 Å². The molecule has 8 nitrogen and oxygen atoms in total. The fourth-order valence-electron chi connectivity index (χ4n) is 5.19. The number of carbonyl (C=O) groups is 2. The van der Waals surface area contributed by atoms with Crippen molar-refractivity contribution in [3.05, 3.63) is 123 Å². The summed E-state index contributed by atoms with van der Waals surface area (Å²) in [7, 11) is -2.87. The molecule has 4 aromatic carbocycles. The number of anilines is 1. The molecule has 254 valence electrons. The summed E-state index contributed by atoms with van der Waals surface area (Å²) < 4.78 is 35.4. The number of nitrogens with zero attached hydrogens (tertiary/aromatic N) is 2. The molecule has 4 aromatic rings. The highest BCUT2D eigenvalue weighted by atomic mass is 35.5. The quantitative estimate of drug-likeness (QED) is 0.148. The number of amides is 2. The van der Waals surface area contributed by atoms with Gasteiger partial charge >= 0.3 is 0 Å². The lowest BCUT2D eigenvalue weighted by atomic mass is 10.0. The number of ether oxygens (including phenoxy) is 1. The largest absolute Gasteiger partial charge is 0.495 e. The zero-order valence-electron chi connectivity index (χ0n) is 27.7. The van der Waals surface area contributed by atoms with Gasteiger partial charge in [-0.05, 0) is 74.7 Å². The Morgan fingerprint density at radius 3 is 2.10 bits per heavy atom. The summed E-state index contributed by atoms with van der Waals surface area (Å²) in [6.07, 6.45) is 0.833. The first-order chi connectivity index (χ1) is 22.8. The molecule has 0 radical (unpaired) electrons. The van der Waals surface area contributed by atoms with Crippen LogP contribution < -0.4 is 14.4 Å². The highest BCUT2D eigenvalue weighted by Gasteiger charge is 2.36. The van der Waals surface area contributed by atoms with E-state index in [1.165, 1.54) is 24.1 Å². The second-order valence-electron chi connectivity index (χ2n) is 11.7. The van der Waals surface area contributed by atoms with E-state index in [1.54, 1.807) is 48.5 Å². The van der Waals surface area contributed by atoms with Gasteiger partial charge in [0, 0.05) is 34.6 Å². The zero-order chi connectivity index (χ0) is 35.0.